The summed E-state index contributed by atoms with van der Waals surface area (Å²) in [6.07, 6.45) is 4.81. The molecule has 0 radical (unpaired) electrons. The molecule has 0 unspecified atom stereocenters. The highest BCUT2D eigenvalue weighted by Crippen LogP contribution is 2.10. The number of guanidine groups is 1. The molecule has 0 saturated heterocycles. The molecule has 2 rings (SSSR count). The van der Waals surface area contributed by atoms with Crippen molar-refractivity contribution in [1.29, 1.82) is 0 Å². The molecule has 1 aromatic carbocycles. The van der Waals surface area contributed by atoms with Crippen LogP contribution in [0.1, 0.15) is 30.2 Å². The molecule has 0 bridgehead atoms. The lowest BCUT2D eigenvalue weighted by Crippen LogP contribution is -2.38. The van der Waals surface area contributed by atoms with Crippen molar-refractivity contribution in [2.75, 3.05) is 19.6 Å². The van der Waals surface area contributed by atoms with Gasteiger partial charge in [0, 0.05) is 30.4 Å². The van der Waals surface area contributed by atoms with E-state index in [2.05, 4.69) is 38.8 Å². The van der Waals surface area contributed by atoms with Gasteiger partial charge in [-0.05, 0) is 56.4 Å². The summed E-state index contributed by atoms with van der Waals surface area (Å²) in [6, 6.07) is 7.96. The van der Waals surface area contributed by atoms with E-state index in [1.54, 1.807) is 0 Å². The Balaban J connectivity index is 0.00000312. The predicted octanol–water partition coefficient (Wildman–Crippen LogP) is 3.72. The van der Waals surface area contributed by atoms with Crippen molar-refractivity contribution in [2.24, 2.45) is 4.99 Å². The first-order valence-electron chi connectivity index (χ1n) is 8.44. The maximum absolute atomic E-state index is 6.01. The summed E-state index contributed by atoms with van der Waals surface area (Å²) in [5, 5.41) is 14.4. The number of H-pyrrole nitrogens is 1. The molecule has 2 aromatic rings. The molecule has 0 spiro atoms. The Morgan fingerprint density at radius 2 is 2.12 bits per heavy atom. The molecular formula is C18H27ClIN5. The van der Waals surface area contributed by atoms with E-state index < -0.39 is 0 Å². The van der Waals surface area contributed by atoms with Crippen molar-refractivity contribution in [3.8, 4) is 0 Å². The van der Waals surface area contributed by atoms with Crippen LogP contribution >= 0.6 is 35.6 Å². The van der Waals surface area contributed by atoms with E-state index in [9.17, 15) is 0 Å². The molecule has 0 aliphatic rings. The zero-order valence-electron chi connectivity index (χ0n) is 14.8. The van der Waals surface area contributed by atoms with Crippen LogP contribution < -0.4 is 10.6 Å². The quantitative estimate of drug-likeness (QED) is 0.236. The van der Waals surface area contributed by atoms with Gasteiger partial charge in [0.2, 0.25) is 0 Å². The molecule has 0 fully saturated rings. The van der Waals surface area contributed by atoms with Gasteiger partial charge in [0.05, 0.1) is 6.20 Å². The van der Waals surface area contributed by atoms with Crippen LogP contribution in [0.15, 0.2) is 35.5 Å². The fraction of sp³-hybridized carbons (Fsp3) is 0.444. The average Bonchev–Trinajstić information content (AvgIpc) is 2.97. The predicted molar refractivity (Wildman–Crippen MR) is 116 cm³/mol. The van der Waals surface area contributed by atoms with E-state index >= 15 is 0 Å². The third-order valence-corrected chi connectivity index (χ3v) is 3.98. The molecule has 0 amide bonds. The fourth-order valence-electron chi connectivity index (χ4n) is 2.45. The second-order valence-corrected chi connectivity index (χ2v) is 6.13. The van der Waals surface area contributed by atoms with Crippen molar-refractivity contribution >= 4 is 41.5 Å². The van der Waals surface area contributed by atoms with E-state index in [1.807, 2.05) is 31.3 Å². The summed E-state index contributed by atoms with van der Waals surface area (Å²) in [7, 11) is 0. The molecule has 3 N–H and O–H groups in total. The highest BCUT2D eigenvalue weighted by Gasteiger charge is 2.01. The van der Waals surface area contributed by atoms with E-state index in [1.165, 1.54) is 11.1 Å². The highest BCUT2D eigenvalue weighted by molar-refractivity contribution is 14.0. The van der Waals surface area contributed by atoms with Crippen LogP contribution in [0.4, 0.5) is 0 Å². The first-order chi connectivity index (χ1) is 11.7. The largest absolute Gasteiger partial charge is 0.357 e. The average molecular weight is 476 g/mol. The van der Waals surface area contributed by atoms with Crippen molar-refractivity contribution < 1.29 is 0 Å². The van der Waals surface area contributed by atoms with Crippen LogP contribution in [-0.4, -0.2) is 35.8 Å². The summed E-state index contributed by atoms with van der Waals surface area (Å²) >= 11 is 6.01. The molecule has 1 heterocycles. The van der Waals surface area contributed by atoms with Crippen LogP contribution in [0.25, 0.3) is 0 Å². The third kappa shape index (κ3) is 8.09. The summed E-state index contributed by atoms with van der Waals surface area (Å²) in [6.45, 7) is 6.59. The van der Waals surface area contributed by atoms with Gasteiger partial charge in [0.1, 0.15) is 0 Å². The number of aromatic nitrogens is 2. The second-order valence-electron chi connectivity index (χ2n) is 5.69. The van der Waals surface area contributed by atoms with Crippen molar-refractivity contribution in [3.05, 3.63) is 52.3 Å². The molecule has 1 aromatic heterocycles. The minimum atomic E-state index is 0. The Kier molecular flexibility index (Phi) is 10.6. The minimum Gasteiger partial charge on any atom is -0.357 e. The van der Waals surface area contributed by atoms with Gasteiger partial charge in [-0.1, -0.05) is 23.7 Å². The van der Waals surface area contributed by atoms with E-state index in [-0.39, 0.29) is 24.0 Å². The lowest BCUT2D eigenvalue weighted by molar-refractivity contribution is 0.776. The Bertz CT molecular complexity index is 656. The molecule has 0 atom stereocenters. The molecule has 0 saturated carbocycles. The number of nitrogens with zero attached hydrogens (tertiary/aromatic N) is 2. The van der Waals surface area contributed by atoms with Crippen LogP contribution in [-0.2, 0) is 12.8 Å². The van der Waals surface area contributed by atoms with Crippen LogP contribution in [0.5, 0.6) is 0 Å². The smallest absolute Gasteiger partial charge is 0.191 e. The van der Waals surface area contributed by atoms with Gasteiger partial charge in [0.15, 0.2) is 5.96 Å². The zero-order chi connectivity index (χ0) is 17.2. The molecule has 0 aliphatic carbocycles. The fourth-order valence-corrected chi connectivity index (χ4v) is 2.66. The topological polar surface area (TPSA) is 65.1 Å². The summed E-state index contributed by atoms with van der Waals surface area (Å²) in [5.41, 5.74) is 3.64. The lowest BCUT2D eigenvalue weighted by Gasteiger charge is -2.11. The van der Waals surface area contributed by atoms with Gasteiger partial charge in [-0.3, -0.25) is 10.1 Å². The maximum Gasteiger partial charge on any atom is 0.191 e. The number of aryl methyl sites for hydroxylation is 2. The number of hydrogen-bond donors (Lipinski definition) is 3. The SMILES string of the molecule is CCNC(=NCCCc1cn[nH]c1C)NCCc1cccc(Cl)c1.I. The number of halogens is 2. The standard InChI is InChI=1S/C18H26ClN5.HI/c1-3-20-18(21-10-5-7-16-13-23-24-14(16)2)22-11-9-15-6-4-8-17(19)12-15;/h4,6,8,12-13H,3,5,7,9-11H2,1-2H3,(H,23,24)(H2,20,21,22);1H. The molecule has 5 nitrogen and oxygen atoms in total. The third-order valence-electron chi connectivity index (χ3n) is 3.75. The van der Waals surface area contributed by atoms with Gasteiger partial charge in [-0.15, -0.1) is 24.0 Å². The summed E-state index contributed by atoms with van der Waals surface area (Å²) in [4.78, 5) is 4.63. The second kappa shape index (κ2) is 12.1. The summed E-state index contributed by atoms with van der Waals surface area (Å²) in [5.74, 6) is 0.864. The van der Waals surface area contributed by atoms with Crippen LogP contribution in [0, 0.1) is 6.92 Å². The van der Waals surface area contributed by atoms with Crippen molar-refractivity contribution in [2.45, 2.75) is 33.1 Å². The Labute approximate surface area is 172 Å². The maximum atomic E-state index is 6.01. The Hall–Kier alpha value is -1.28. The van der Waals surface area contributed by atoms with E-state index in [0.717, 1.165) is 55.6 Å². The molecule has 0 aliphatic heterocycles. The minimum absolute atomic E-state index is 0. The van der Waals surface area contributed by atoms with Gasteiger partial charge >= 0.3 is 0 Å². The first kappa shape index (κ1) is 21.8. The number of aromatic amines is 1. The van der Waals surface area contributed by atoms with Gasteiger partial charge < -0.3 is 10.6 Å². The number of rotatable bonds is 8. The number of hydrogen-bond acceptors (Lipinski definition) is 2. The Morgan fingerprint density at radius 3 is 2.80 bits per heavy atom. The van der Waals surface area contributed by atoms with Crippen molar-refractivity contribution in [3.63, 3.8) is 0 Å². The number of nitrogens with one attached hydrogen (secondary N) is 3. The molecule has 25 heavy (non-hydrogen) atoms. The molecular weight excluding hydrogens is 449 g/mol. The number of aliphatic imine (C=N–C) groups is 1. The van der Waals surface area contributed by atoms with Crippen LogP contribution in [0.3, 0.4) is 0 Å². The first-order valence-corrected chi connectivity index (χ1v) is 8.82. The number of benzene rings is 1. The van der Waals surface area contributed by atoms with Gasteiger partial charge in [-0.2, -0.15) is 5.10 Å². The molecule has 7 heteroatoms. The zero-order valence-corrected chi connectivity index (χ0v) is 17.9. The van der Waals surface area contributed by atoms with E-state index in [4.69, 9.17) is 11.6 Å². The monoisotopic (exact) mass is 475 g/mol. The summed E-state index contributed by atoms with van der Waals surface area (Å²) < 4.78 is 0. The normalized spacial score (nSPS) is 11.1. The van der Waals surface area contributed by atoms with Crippen molar-refractivity contribution in [1.82, 2.24) is 20.8 Å². The van der Waals surface area contributed by atoms with Gasteiger partial charge in [0.25, 0.3) is 0 Å². The molecule has 138 valence electrons. The van der Waals surface area contributed by atoms with Gasteiger partial charge in [-0.25, -0.2) is 0 Å². The lowest BCUT2D eigenvalue weighted by atomic mass is 10.1. The highest BCUT2D eigenvalue weighted by atomic mass is 127. The Morgan fingerprint density at radius 1 is 1.28 bits per heavy atom. The van der Waals surface area contributed by atoms with E-state index in [0.29, 0.717) is 0 Å². The van der Waals surface area contributed by atoms with Crippen LogP contribution in [0.2, 0.25) is 5.02 Å².